The van der Waals surface area contributed by atoms with Crippen LogP contribution in [0.1, 0.15) is 12.0 Å². The van der Waals surface area contributed by atoms with Crippen LogP contribution >= 0.6 is 0 Å². The first-order valence-electron chi connectivity index (χ1n) is 6.39. The van der Waals surface area contributed by atoms with Gasteiger partial charge in [0.2, 0.25) is 5.69 Å². The molecule has 3 nitrogen and oxygen atoms in total. The predicted molar refractivity (Wildman–Crippen MR) is 69.3 cm³/mol. The minimum atomic E-state index is 0.845. The van der Waals surface area contributed by atoms with Gasteiger partial charge in [-0.05, 0) is 22.8 Å². The SMILES string of the molecule is Cc1ccccc1[N+]1=NCC2=C1C1=[N+](C=CC1)C2. The quantitative estimate of drug-likeness (QED) is 0.669. The number of nitrogens with zero attached hydrogens (tertiary/aromatic N) is 3. The molecule has 0 aromatic heterocycles. The van der Waals surface area contributed by atoms with E-state index in [1.165, 1.54) is 28.2 Å². The van der Waals surface area contributed by atoms with Gasteiger partial charge in [-0.3, -0.25) is 0 Å². The molecule has 0 amide bonds. The van der Waals surface area contributed by atoms with Crippen molar-refractivity contribution < 1.29 is 9.27 Å². The van der Waals surface area contributed by atoms with E-state index in [1.807, 2.05) is 0 Å². The normalized spacial score (nSPS) is 20.6. The van der Waals surface area contributed by atoms with Gasteiger partial charge in [0.25, 0.3) is 5.71 Å². The number of azo groups is 2. The zero-order valence-electron chi connectivity index (χ0n) is 10.4. The molecule has 1 aromatic rings. The van der Waals surface area contributed by atoms with Crippen LogP contribution in [-0.2, 0) is 0 Å². The summed E-state index contributed by atoms with van der Waals surface area (Å²) in [6, 6.07) is 8.46. The smallest absolute Gasteiger partial charge is 0.192 e. The average Bonchev–Trinajstić information content (AvgIpc) is 3.00. The number of allylic oxidation sites excluding steroid dienone is 2. The van der Waals surface area contributed by atoms with Crippen LogP contribution in [0.5, 0.6) is 0 Å². The zero-order valence-corrected chi connectivity index (χ0v) is 10.4. The molecular formula is C15H15N3+2. The predicted octanol–water partition coefficient (Wildman–Crippen LogP) is 2.74. The van der Waals surface area contributed by atoms with E-state index in [1.54, 1.807) is 0 Å². The molecule has 0 radical (unpaired) electrons. The maximum Gasteiger partial charge on any atom is 0.312 e. The highest BCUT2D eigenvalue weighted by Crippen LogP contribution is 2.33. The van der Waals surface area contributed by atoms with Crippen molar-refractivity contribution in [2.75, 3.05) is 13.1 Å². The Morgan fingerprint density at radius 2 is 2.11 bits per heavy atom. The van der Waals surface area contributed by atoms with Gasteiger partial charge in [0.1, 0.15) is 12.1 Å². The van der Waals surface area contributed by atoms with Gasteiger partial charge in [0, 0.05) is 11.6 Å². The fourth-order valence-electron chi connectivity index (χ4n) is 2.99. The van der Waals surface area contributed by atoms with Crippen LogP contribution in [0.25, 0.3) is 0 Å². The van der Waals surface area contributed by atoms with Crippen molar-refractivity contribution in [1.82, 2.24) is 0 Å². The summed E-state index contributed by atoms with van der Waals surface area (Å²) in [4.78, 5) is 0. The molecule has 18 heavy (non-hydrogen) atoms. The van der Waals surface area contributed by atoms with E-state index in [0.29, 0.717) is 0 Å². The lowest BCUT2D eigenvalue weighted by atomic mass is 10.1. The van der Waals surface area contributed by atoms with Crippen LogP contribution in [0.15, 0.2) is 52.9 Å². The van der Waals surface area contributed by atoms with Crippen molar-refractivity contribution >= 4 is 11.4 Å². The third-order valence-electron chi connectivity index (χ3n) is 3.87. The number of hydrogen-bond acceptors (Lipinski definition) is 1. The molecule has 3 aliphatic heterocycles. The largest absolute Gasteiger partial charge is 0.312 e. The molecule has 0 fully saturated rings. The Morgan fingerprint density at radius 1 is 1.22 bits per heavy atom. The molecule has 88 valence electrons. The molecule has 0 spiro atoms. The highest BCUT2D eigenvalue weighted by Gasteiger charge is 2.46. The maximum atomic E-state index is 4.70. The fourth-order valence-corrected chi connectivity index (χ4v) is 2.99. The van der Waals surface area contributed by atoms with Crippen LogP contribution < -0.4 is 0 Å². The van der Waals surface area contributed by atoms with E-state index in [2.05, 4.69) is 52.7 Å². The molecule has 1 aromatic carbocycles. The third-order valence-corrected chi connectivity index (χ3v) is 3.87. The second-order valence-electron chi connectivity index (χ2n) is 5.01. The Labute approximate surface area is 106 Å². The van der Waals surface area contributed by atoms with Crippen molar-refractivity contribution in [2.24, 2.45) is 5.11 Å². The molecule has 0 bridgehead atoms. The highest BCUT2D eigenvalue weighted by molar-refractivity contribution is 5.98. The Kier molecular flexibility index (Phi) is 1.92. The lowest BCUT2D eigenvalue weighted by molar-refractivity contribution is -0.465. The minimum absolute atomic E-state index is 0.845. The molecule has 0 aliphatic carbocycles. The van der Waals surface area contributed by atoms with Crippen LogP contribution in [0, 0.1) is 6.92 Å². The molecule has 0 saturated heterocycles. The Balaban J connectivity index is 1.83. The summed E-state index contributed by atoms with van der Waals surface area (Å²) in [5.41, 5.74) is 6.70. The lowest BCUT2D eigenvalue weighted by Crippen LogP contribution is -2.13. The molecule has 0 unspecified atom stereocenters. The number of benzene rings is 1. The van der Waals surface area contributed by atoms with Crippen LogP contribution in [0.2, 0.25) is 0 Å². The second kappa shape index (κ2) is 3.48. The Bertz CT molecular complexity index is 675. The number of rotatable bonds is 1. The van der Waals surface area contributed by atoms with Gasteiger partial charge in [-0.2, -0.15) is 4.58 Å². The summed E-state index contributed by atoms with van der Waals surface area (Å²) in [7, 11) is 0. The first-order chi connectivity index (χ1) is 8.84. The van der Waals surface area contributed by atoms with E-state index in [9.17, 15) is 0 Å². The van der Waals surface area contributed by atoms with Crippen molar-refractivity contribution in [3.8, 4) is 0 Å². The van der Waals surface area contributed by atoms with Crippen molar-refractivity contribution in [3.63, 3.8) is 0 Å². The molecule has 0 saturated carbocycles. The monoisotopic (exact) mass is 237 g/mol. The third kappa shape index (κ3) is 1.22. The van der Waals surface area contributed by atoms with Crippen LogP contribution in [-0.4, -0.2) is 28.1 Å². The zero-order chi connectivity index (χ0) is 12.1. The summed E-state index contributed by atoms with van der Waals surface area (Å²) < 4.78 is 4.50. The van der Waals surface area contributed by atoms with E-state index in [4.69, 9.17) is 5.11 Å². The van der Waals surface area contributed by atoms with E-state index < -0.39 is 0 Å². The van der Waals surface area contributed by atoms with Gasteiger partial charge < -0.3 is 0 Å². The first kappa shape index (κ1) is 9.95. The summed E-state index contributed by atoms with van der Waals surface area (Å²) >= 11 is 0. The Hall–Kier alpha value is -2.03. The molecule has 0 N–H and O–H groups in total. The molecular weight excluding hydrogens is 222 g/mol. The summed E-state index contributed by atoms with van der Waals surface area (Å²) in [6.07, 6.45) is 5.47. The molecule has 4 rings (SSSR count). The molecule has 3 heteroatoms. The number of hydrogen-bond donors (Lipinski definition) is 0. The summed E-state index contributed by atoms with van der Waals surface area (Å²) in [6.45, 7) is 4.01. The van der Waals surface area contributed by atoms with Gasteiger partial charge in [-0.15, -0.1) is 0 Å². The van der Waals surface area contributed by atoms with Gasteiger partial charge in [-0.1, -0.05) is 18.2 Å². The second-order valence-corrected chi connectivity index (χ2v) is 5.01. The van der Waals surface area contributed by atoms with Gasteiger partial charge in [0.15, 0.2) is 12.7 Å². The topological polar surface area (TPSA) is 18.4 Å². The minimum Gasteiger partial charge on any atom is -0.192 e. The number of para-hydroxylation sites is 1. The standard InChI is InChI=1S/C15H15N3/c1-11-5-2-3-6-13(11)18-15-12(9-16-18)10-17-8-4-7-14(15)17/h2-6,8H,7,9-10H2,1H3/q+2. The van der Waals surface area contributed by atoms with Gasteiger partial charge in [-0.25, -0.2) is 0 Å². The van der Waals surface area contributed by atoms with Gasteiger partial charge >= 0.3 is 5.70 Å². The van der Waals surface area contributed by atoms with Gasteiger partial charge in [0.05, 0.1) is 6.42 Å². The number of aryl methyl sites for hydroxylation is 1. The molecule has 3 heterocycles. The van der Waals surface area contributed by atoms with Crippen LogP contribution in [0.4, 0.5) is 5.69 Å². The Morgan fingerprint density at radius 3 is 3.00 bits per heavy atom. The fraction of sp³-hybridized carbons (Fsp3) is 0.267. The van der Waals surface area contributed by atoms with Crippen molar-refractivity contribution in [1.29, 1.82) is 0 Å². The van der Waals surface area contributed by atoms with E-state index in [-0.39, 0.29) is 0 Å². The highest BCUT2D eigenvalue weighted by atomic mass is 15.3. The molecule has 0 atom stereocenters. The molecule has 3 aliphatic rings. The summed E-state index contributed by atoms with van der Waals surface area (Å²) in [5, 5.41) is 4.70. The van der Waals surface area contributed by atoms with Crippen molar-refractivity contribution in [3.05, 3.63) is 53.4 Å². The van der Waals surface area contributed by atoms with Crippen molar-refractivity contribution in [2.45, 2.75) is 13.3 Å². The maximum absolute atomic E-state index is 4.70. The first-order valence-corrected chi connectivity index (χ1v) is 6.39. The van der Waals surface area contributed by atoms with E-state index >= 15 is 0 Å². The van der Waals surface area contributed by atoms with E-state index in [0.717, 1.165) is 19.5 Å². The summed E-state index contributed by atoms with van der Waals surface area (Å²) in [5.74, 6) is 0. The van der Waals surface area contributed by atoms with Crippen LogP contribution in [0.3, 0.4) is 0 Å². The number of fused-ring (bicyclic) bond motifs is 1. The lowest BCUT2D eigenvalue weighted by Gasteiger charge is -1.99. The average molecular weight is 237 g/mol.